The summed E-state index contributed by atoms with van der Waals surface area (Å²) in [6.07, 6.45) is 30.9. The Morgan fingerprint density at radius 3 is 0.519 bits per heavy atom. The average molecular weight is 841 g/mol. The van der Waals surface area contributed by atoms with E-state index in [1.807, 2.05) is 68.0 Å². The third-order valence-corrected chi connectivity index (χ3v) is 15.6. The van der Waals surface area contributed by atoms with Crippen molar-refractivity contribution in [2.24, 2.45) is 0 Å². The Morgan fingerprint density at radius 2 is 0.370 bits per heavy atom. The van der Waals surface area contributed by atoms with Crippen LogP contribution < -0.4 is 0 Å². The SMILES string of the molecule is C(=C\c1ccc(/C=C/c2ccc(/C=C/c3ccc(/C=C/c4ccc(/C=C/c5ccc(/C=C/c6ccc(/C=C/c7cccs7)s6)s5)s4)s3)s2)s1)/c1cccs1. The van der Waals surface area contributed by atoms with Crippen molar-refractivity contribution in [1.29, 1.82) is 0 Å². The Labute approximate surface area is 348 Å². The van der Waals surface area contributed by atoms with Crippen LogP contribution in [-0.2, 0) is 0 Å². The maximum atomic E-state index is 2.22. The predicted molar refractivity (Wildman–Crippen MR) is 257 cm³/mol. The number of hydrogen-bond acceptors (Lipinski definition) is 8. The van der Waals surface area contributed by atoms with Gasteiger partial charge < -0.3 is 0 Å². The van der Waals surface area contributed by atoms with Crippen LogP contribution in [0, 0.1) is 0 Å². The fourth-order valence-electron chi connectivity index (χ4n) is 5.21. The second-order valence-corrected chi connectivity index (χ2v) is 20.6. The van der Waals surface area contributed by atoms with Gasteiger partial charge >= 0.3 is 0 Å². The van der Waals surface area contributed by atoms with Crippen LogP contribution in [0.4, 0.5) is 0 Å². The minimum absolute atomic E-state index is 1.25. The highest BCUT2D eigenvalue weighted by atomic mass is 32.1. The van der Waals surface area contributed by atoms with E-state index in [4.69, 9.17) is 0 Å². The van der Waals surface area contributed by atoms with Gasteiger partial charge in [0.2, 0.25) is 0 Å². The zero-order chi connectivity index (χ0) is 36.4. The third kappa shape index (κ3) is 10.7. The van der Waals surface area contributed by atoms with E-state index in [0.717, 1.165) is 0 Å². The third-order valence-electron chi connectivity index (χ3n) is 7.85. The normalized spacial score (nSPS) is 12.7. The topological polar surface area (TPSA) is 0 Å². The summed E-state index contributed by atoms with van der Waals surface area (Å²) >= 11 is 14.4. The van der Waals surface area contributed by atoms with Crippen molar-refractivity contribution in [1.82, 2.24) is 0 Å². The highest BCUT2D eigenvalue weighted by Crippen LogP contribution is 2.29. The van der Waals surface area contributed by atoms with Crippen molar-refractivity contribution in [3.8, 4) is 0 Å². The summed E-state index contributed by atoms with van der Waals surface area (Å²) in [6.45, 7) is 0. The molecule has 8 heteroatoms. The Bertz CT molecular complexity index is 2420. The molecule has 0 aliphatic heterocycles. The number of thiophene rings is 8. The molecule has 0 bridgehead atoms. The summed E-state index contributed by atoms with van der Waals surface area (Å²) in [7, 11) is 0. The molecule has 0 unspecified atom stereocenters. The zero-order valence-electron chi connectivity index (χ0n) is 28.7. The van der Waals surface area contributed by atoms with Crippen molar-refractivity contribution in [3.63, 3.8) is 0 Å². The molecule has 0 radical (unpaired) electrons. The van der Waals surface area contributed by atoms with Gasteiger partial charge in [0.25, 0.3) is 0 Å². The summed E-state index contributed by atoms with van der Waals surface area (Å²) in [4.78, 5) is 17.7. The van der Waals surface area contributed by atoms with Gasteiger partial charge in [-0.25, -0.2) is 0 Å². The minimum Gasteiger partial charge on any atom is -0.144 e. The molecular weight excluding hydrogens is 809 g/mol. The quantitative estimate of drug-likeness (QED) is 0.102. The van der Waals surface area contributed by atoms with Crippen LogP contribution in [0.15, 0.2) is 108 Å². The Balaban J connectivity index is 0.802. The van der Waals surface area contributed by atoms with Gasteiger partial charge in [-0.1, -0.05) is 12.1 Å². The van der Waals surface area contributed by atoms with E-state index in [2.05, 4.69) is 193 Å². The molecule has 8 rings (SSSR count). The molecule has 264 valence electrons. The lowest BCUT2D eigenvalue weighted by atomic mass is 10.3. The van der Waals surface area contributed by atoms with Gasteiger partial charge in [0.1, 0.15) is 0 Å². The highest BCUT2D eigenvalue weighted by Gasteiger charge is 2.01. The van der Waals surface area contributed by atoms with Crippen LogP contribution in [0.5, 0.6) is 0 Å². The van der Waals surface area contributed by atoms with Crippen LogP contribution in [0.1, 0.15) is 68.3 Å². The van der Waals surface area contributed by atoms with Gasteiger partial charge in [-0.3, -0.25) is 0 Å². The average Bonchev–Trinajstić information content (AvgIpc) is 4.02. The van der Waals surface area contributed by atoms with E-state index in [1.54, 1.807) is 22.7 Å². The molecule has 8 aromatic heterocycles. The molecule has 0 aromatic carbocycles. The molecule has 0 saturated carbocycles. The van der Waals surface area contributed by atoms with Gasteiger partial charge in [0.05, 0.1) is 0 Å². The second-order valence-electron chi connectivity index (χ2n) is 11.8. The van der Waals surface area contributed by atoms with E-state index < -0.39 is 0 Å². The van der Waals surface area contributed by atoms with Crippen LogP contribution in [0.3, 0.4) is 0 Å². The van der Waals surface area contributed by atoms with E-state index in [0.29, 0.717) is 0 Å². The first kappa shape index (κ1) is 36.7. The second kappa shape index (κ2) is 18.4. The maximum Gasteiger partial charge on any atom is 0.0277 e. The van der Waals surface area contributed by atoms with E-state index in [1.165, 1.54) is 68.3 Å². The van der Waals surface area contributed by atoms with Crippen molar-refractivity contribution in [3.05, 3.63) is 176 Å². The Morgan fingerprint density at radius 1 is 0.204 bits per heavy atom. The van der Waals surface area contributed by atoms with Gasteiger partial charge in [-0.15, -0.1) is 90.7 Å². The predicted octanol–water partition coefficient (Wildman–Crippen LogP) is 17.4. The van der Waals surface area contributed by atoms with Gasteiger partial charge in [-0.05, 0) is 181 Å². The molecule has 54 heavy (non-hydrogen) atoms. The van der Waals surface area contributed by atoms with Crippen LogP contribution >= 0.6 is 90.7 Å². The number of rotatable bonds is 14. The molecule has 0 aliphatic rings. The fourth-order valence-corrected chi connectivity index (χ4v) is 11.3. The Kier molecular flexibility index (Phi) is 12.5. The first-order valence-electron chi connectivity index (χ1n) is 17.1. The van der Waals surface area contributed by atoms with Gasteiger partial charge in [0.15, 0.2) is 0 Å². The standard InChI is InChI=1S/C46H32S8/c1-3-33(47-31-1)5-7-35-9-11-37(49-35)13-15-39-17-19-41(51-39)21-23-43-25-27-45(53-43)29-30-46-28-26-44(54-46)24-22-42-20-18-40(52-42)16-14-38-12-10-36(50-38)8-6-34-4-2-32-48-34/h1-32H/b7-5+,8-6+,15-13+,16-14+,23-21+,24-22+,30-29+. The van der Waals surface area contributed by atoms with E-state index >= 15 is 0 Å². The van der Waals surface area contributed by atoms with Crippen molar-refractivity contribution < 1.29 is 0 Å². The molecule has 0 aliphatic carbocycles. The lowest BCUT2D eigenvalue weighted by Crippen LogP contribution is -1.59. The molecule has 8 heterocycles. The molecule has 8 aromatic rings. The van der Waals surface area contributed by atoms with Crippen LogP contribution in [-0.4, -0.2) is 0 Å². The molecule has 0 amide bonds. The largest absolute Gasteiger partial charge is 0.144 e. The maximum absolute atomic E-state index is 2.22. The smallest absolute Gasteiger partial charge is 0.0277 e. The van der Waals surface area contributed by atoms with Crippen LogP contribution in [0.25, 0.3) is 85.1 Å². The molecule has 0 spiro atoms. The molecule has 0 saturated heterocycles. The molecule has 0 atom stereocenters. The van der Waals surface area contributed by atoms with E-state index in [-0.39, 0.29) is 0 Å². The van der Waals surface area contributed by atoms with Gasteiger partial charge in [-0.2, -0.15) is 0 Å². The first-order chi connectivity index (χ1) is 26.6. The summed E-state index contributed by atoms with van der Waals surface area (Å²) < 4.78 is 0. The summed E-state index contributed by atoms with van der Waals surface area (Å²) in [6, 6.07) is 34.8. The monoisotopic (exact) mass is 840 g/mol. The van der Waals surface area contributed by atoms with Crippen molar-refractivity contribution in [2.75, 3.05) is 0 Å². The first-order valence-corrected chi connectivity index (χ1v) is 23.7. The lowest BCUT2D eigenvalue weighted by Gasteiger charge is -1.87. The highest BCUT2D eigenvalue weighted by molar-refractivity contribution is 7.16. The van der Waals surface area contributed by atoms with Gasteiger partial charge in [0, 0.05) is 68.3 Å². The van der Waals surface area contributed by atoms with E-state index in [9.17, 15) is 0 Å². The lowest BCUT2D eigenvalue weighted by molar-refractivity contribution is 1.89. The molecule has 0 fully saturated rings. The zero-order valence-corrected chi connectivity index (χ0v) is 35.3. The molecular formula is C46H32S8. The number of hydrogen-bond donors (Lipinski definition) is 0. The summed E-state index contributed by atoms with van der Waals surface area (Å²) in [5.41, 5.74) is 0. The van der Waals surface area contributed by atoms with Crippen molar-refractivity contribution in [2.45, 2.75) is 0 Å². The van der Waals surface area contributed by atoms with Crippen molar-refractivity contribution >= 4 is 176 Å². The minimum atomic E-state index is 1.25. The Hall–Kier alpha value is -4.22. The van der Waals surface area contributed by atoms with Crippen LogP contribution in [0.2, 0.25) is 0 Å². The molecule has 0 nitrogen and oxygen atoms in total. The summed E-state index contributed by atoms with van der Waals surface area (Å²) in [5, 5.41) is 4.22. The fraction of sp³-hybridized carbons (Fsp3) is 0. The summed E-state index contributed by atoms with van der Waals surface area (Å²) in [5.74, 6) is 0. The molecule has 0 N–H and O–H groups in total.